The van der Waals surface area contributed by atoms with Crippen molar-refractivity contribution in [2.75, 3.05) is 23.3 Å². The Morgan fingerprint density at radius 3 is 3.00 bits per heavy atom. The average molecular weight is 289 g/mol. The van der Waals surface area contributed by atoms with Crippen LogP contribution in [-0.4, -0.2) is 34.2 Å². The van der Waals surface area contributed by atoms with E-state index in [0.717, 1.165) is 18.8 Å². The van der Waals surface area contributed by atoms with Crippen molar-refractivity contribution in [2.45, 2.75) is 32.1 Å². The van der Waals surface area contributed by atoms with Crippen LogP contribution in [0.4, 0.5) is 11.9 Å². The normalized spacial score (nSPS) is 15.1. The molecule has 0 aliphatic carbocycles. The molecular weight excluding hydrogens is 270 g/mol. The molecule has 0 radical (unpaired) electrons. The highest BCUT2D eigenvalue weighted by molar-refractivity contribution is 5.89. The van der Waals surface area contributed by atoms with E-state index in [4.69, 9.17) is 4.42 Å². The van der Waals surface area contributed by atoms with Crippen molar-refractivity contribution >= 4 is 17.8 Å². The summed E-state index contributed by atoms with van der Waals surface area (Å²) in [7, 11) is 0. The van der Waals surface area contributed by atoms with E-state index in [9.17, 15) is 4.79 Å². The number of H-pyrrole nitrogens is 1. The third-order valence-electron chi connectivity index (χ3n) is 3.55. The molecule has 1 aliphatic heterocycles. The molecule has 112 valence electrons. The largest absolute Gasteiger partial charge is 0.469 e. The van der Waals surface area contributed by atoms with Gasteiger partial charge in [0.15, 0.2) is 0 Å². The summed E-state index contributed by atoms with van der Waals surface area (Å²) in [6, 6.07) is 3.67. The van der Waals surface area contributed by atoms with E-state index in [1.165, 1.54) is 19.3 Å². The van der Waals surface area contributed by atoms with Gasteiger partial charge in [-0.3, -0.25) is 10.1 Å². The Kier molecular flexibility index (Phi) is 4.18. The molecule has 7 nitrogen and oxygen atoms in total. The quantitative estimate of drug-likeness (QED) is 0.878. The van der Waals surface area contributed by atoms with Gasteiger partial charge in [-0.25, -0.2) is 5.10 Å². The van der Waals surface area contributed by atoms with Crippen LogP contribution in [0.1, 0.15) is 31.4 Å². The first-order valence-electron chi connectivity index (χ1n) is 7.31. The topological polar surface area (TPSA) is 87.1 Å². The summed E-state index contributed by atoms with van der Waals surface area (Å²) in [4.78, 5) is 18.3. The number of nitrogens with zero attached hydrogens (tertiary/aromatic N) is 3. The van der Waals surface area contributed by atoms with Crippen LogP contribution in [0.2, 0.25) is 0 Å². The number of aromatic amines is 1. The molecule has 0 bridgehead atoms. The lowest BCUT2D eigenvalue weighted by Crippen LogP contribution is -2.30. The monoisotopic (exact) mass is 289 g/mol. The third-order valence-corrected chi connectivity index (χ3v) is 3.55. The first kappa shape index (κ1) is 13.7. The first-order chi connectivity index (χ1) is 10.3. The Labute approximate surface area is 122 Å². The number of nitrogens with one attached hydrogen (secondary N) is 2. The molecule has 21 heavy (non-hydrogen) atoms. The number of furan rings is 1. The summed E-state index contributed by atoms with van der Waals surface area (Å²) < 4.78 is 5.20. The second-order valence-corrected chi connectivity index (χ2v) is 5.16. The molecule has 1 saturated heterocycles. The van der Waals surface area contributed by atoms with Crippen LogP contribution in [0.15, 0.2) is 22.8 Å². The number of anilines is 2. The highest BCUT2D eigenvalue weighted by Crippen LogP contribution is 2.16. The van der Waals surface area contributed by atoms with Gasteiger partial charge in [0, 0.05) is 25.9 Å². The van der Waals surface area contributed by atoms with Gasteiger partial charge in [-0.2, -0.15) is 4.98 Å². The van der Waals surface area contributed by atoms with Crippen molar-refractivity contribution in [1.82, 2.24) is 15.2 Å². The summed E-state index contributed by atoms with van der Waals surface area (Å²) in [5.41, 5.74) is 0. The van der Waals surface area contributed by atoms with Crippen molar-refractivity contribution in [3.63, 3.8) is 0 Å². The molecular formula is C14H19N5O2. The van der Waals surface area contributed by atoms with E-state index in [2.05, 4.69) is 25.4 Å². The molecule has 3 heterocycles. The molecule has 2 N–H and O–H groups in total. The van der Waals surface area contributed by atoms with Crippen molar-refractivity contribution < 1.29 is 9.21 Å². The minimum absolute atomic E-state index is 0.104. The number of rotatable bonds is 5. The third kappa shape index (κ3) is 3.62. The maximum atomic E-state index is 11.8. The molecule has 1 aliphatic rings. The Balaban J connectivity index is 1.50. The summed E-state index contributed by atoms with van der Waals surface area (Å²) >= 11 is 0. The van der Waals surface area contributed by atoms with Gasteiger partial charge >= 0.3 is 0 Å². The fourth-order valence-electron chi connectivity index (χ4n) is 2.43. The smallest absolute Gasteiger partial charge is 0.246 e. The summed E-state index contributed by atoms with van der Waals surface area (Å²) in [6.07, 6.45) is 6.13. The molecule has 0 atom stereocenters. The predicted octanol–water partition coefficient (Wildman–Crippen LogP) is 1.96. The zero-order valence-corrected chi connectivity index (χ0v) is 11.8. The predicted molar refractivity (Wildman–Crippen MR) is 78.1 cm³/mol. The Morgan fingerprint density at radius 1 is 1.38 bits per heavy atom. The molecule has 0 spiro atoms. The van der Waals surface area contributed by atoms with Crippen LogP contribution < -0.4 is 10.2 Å². The number of piperidine rings is 1. The SMILES string of the molecule is O=C(CCc1ccco1)Nc1nc(N2CCCCC2)n[nH]1. The van der Waals surface area contributed by atoms with Gasteiger partial charge in [0.25, 0.3) is 0 Å². The Hall–Kier alpha value is -2.31. The van der Waals surface area contributed by atoms with E-state index in [-0.39, 0.29) is 5.91 Å². The van der Waals surface area contributed by atoms with E-state index < -0.39 is 0 Å². The standard InChI is InChI=1S/C14H19N5O2/c20-12(7-6-11-5-4-10-21-11)15-13-16-14(18-17-13)19-8-2-1-3-9-19/h4-5,10H,1-3,6-9H2,(H2,15,16,17,18,20). The Bertz CT molecular complexity index is 572. The average Bonchev–Trinajstić information content (AvgIpc) is 3.17. The van der Waals surface area contributed by atoms with Gasteiger partial charge in [-0.15, -0.1) is 5.10 Å². The van der Waals surface area contributed by atoms with Crippen LogP contribution in [-0.2, 0) is 11.2 Å². The van der Waals surface area contributed by atoms with Crippen molar-refractivity contribution in [1.29, 1.82) is 0 Å². The number of carbonyl (C=O) groups is 1. The van der Waals surface area contributed by atoms with Crippen LogP contribution in [0, 0.1) is 0 Å². The van der Waals surface area contributed by atoms with Crippen molar-refractivity contribution in [2.24, 2.45) is 0 Å². The van der Waals surface area contributed by atoms with Crippen LogP contribution >= 0.6 is 0 Å². The van der Waals surface area contributed by atoms with Crippen molar-refractivity contribution in [3.05, 3.63) is 24.2 Å². The van der Waals surface area contributed by atoms with Crippen LogP contribution in [0.3, 0.4) is 0 Å². The fraction of sp³-hybridized carbons (Fsp3) is 0.500. The summed E-state index contributed by atoms with van der Waals surface area (Å²) in [5, 5.41) is 9.66. The van der Waals surface area contributed by atoms with Crippen molar-refractivity contribution in [3.8, 4) is 0 Å². The number of carbonyl (C=O) groups excluding carboxylic acids is 1. The van der Waals surface area contributed by atoms with E-state index in [0.29, 0.717) is 24.7 Å². The minimum atomic E-state index is -0.104. The van der Waals surface area contributed by atoms with Gasteiger partial charge in [0.1, 0.15) is 5.76 Å². The lowest BCUT2D eigenvalue weighted by atomic mass is 10.1. The zero-order valence-electron chi connectivity index (χ0n) is 11.8. The highest BCUT2D eigenvalue weighted by atomic mass is 16.3. The number of aromatic nitrogens is 3. The van der Waals surface area contributed by atoms with Gasteiger partial charge in [0.2, 0.25) is 17.8 Å². The molecule has 0 aromatic carbocycles. The zero-order chi connectivity index (χ0) is 14.5. The number of hydrogen-bond acceptors (Lipinski definition) is 5. The number of amides is 1. The molecule has 2 aromatic heterocycles. The second kappa shape index (κ2) is 6.43. The Morgan fingerprint density at radius 2 is 2.24 bits per heavy atom. The molecule has 2 aromatic rings. The van der Waals surface area contributed by atoms with Gasteiger partial charge in [-0.05, 0) is 31.4 Å². The highest BCUT2D eigenvalue weighted by Gasteiger charge is 2.16. The van der Waals surface area contributed by atoms with E-state index in [1.807, 2.05) is 12.1 Å². The van der Waals surface area contributed by atoms with Gasteiger partial charge < -0.3 is 9.32 Å². The lowest BCUT2D eigenvalue weighted by Gasteiger charge is -2.24. The molecule has 0 unspecified atom stereocenters. The first-order valence-corrected chi connectivity index (χ1v) is 7.31. The number of aryl methyl sites for hydroxylation is 1. The fourth-order valence-corrected chi connectivity index (χ4v) is 2.43. The lowest BCUT2D eigenvalue weighted by molar-refractivity contribution is -0.116. The van der Waals surface area contributed by atoms with Gasteiger partial charge in [-0.1, -0.05) is 0 Å². The maximum absolute atomic E-state index is 11.8. The maximum Gasteiger partial charge on any atom is 0.246 e. The van der Waals surface area contributed by atoms with Crippen LogP contribution in [0.5, 0.6) is 0 Å². The molecule has 0 saturated carbocycles. The molecule has 7 heteroatoms. The number of hydrogen-bond donors (Lipinski definition) is 2. The molecule has 1 fully saturated rings. The second-order valence-electron chi connectivity index (χ2n) is 5.16. The van der Waals surface area contributed by atoms with Crippen LogP contribution in [0.25, 0.3) is 0 Å². The molecule has 1 amide bonds. The summed E-state index contributed by atoms with van der Waals surface area (Å²) in [6.45, 7) is 1.95. The van der Waals surface area contributed by atoms with E-state index in [1.54, 1.807) is 6.26 Å². The van der Waals surface area contributed by atoms with Gasteiger partial charge in [0.05, 0.1) is 6.26 Å². The molecule has 3 rings (SSSR count). The minimum Gasteiger partial charge on any atom is -0.469 e. The van der Waals surface area contributed by atoms with E-state index >= 15 is 0 Å². The summed E-state index contributed by atoms with van der Waals surface area (Å²) in [5.74, 6) is 1.76.